The summed E-state index contributed by atoms with van der Waals surface area (Å²) in [6.07, 6.45) is 6.34. The number of nitrogens with one attached hydrogen (secondary N) is 1. The number of ether oxygens (including phenoxy) is 1. The average molecular weight is 428 g/mol. The van der Waals surface area contributed by atoms with Crippen molar-refractivity contribution < 1.29 is 23.9 Å². The van der Waals surface area contributed by atoms with Crippen molar-refractivity contribution in [3.63, 3.8) is 0 Å². The number of anilines is 1. The van der Waals surface area contributed by atoms with E-state index in [1.807, 2.05) is 0 Å². The first-order chi connectivity index (χ1) is 15.0. The SMILES string of the molecule is CCOC(=O)C1CCCN(C(=O)Nc2ccc3c(c2)C(=O)N(C2CCCCC2)C3=O)C1. The maximum absolute atomic E-state index is 13.0. The van der Waals surface area contributed by atoms with Crippen LogP contribution in [0.4, 0.5) is 10.5 Å². The van der Waals surface area contributed by atoms with E-state index in [9.17, 15) is 19.2 Å². The molecule has 4 rings (SSSR count). The second-order valence-corrected chi connectivity index (χ2v) is 8.50. The van der Waals surface area contributed by atoms with Crippen molar-refractivity contribution in [3.8, 4) is 0 Å². The van der Waals surface area contributed by atoms with Crippen molar-refractivity contribution in [3.05, 3.63) is 29.3 Å². The highest BCUT2D eigenvalue weighted by Gasteiger charge is 2.40. The molecule has 0 spiro atoms. The first-order valence-electron chi connectivity index (χ1n) is 11.2. The number of nitrogens with zero attached hydrogens (tertiary/aromatic N) is 2. The molecule has 3 aliphatic rings. The van der Waals surface area contributed by atoms with Crippen LogP contribution < -0.4 is 5.32 Å². The summed E-state index contributed by atoms with van der Waals surface area (Å²) < 4.78 is 5.09. The zero-order valence-corrected chi connectivity index (χ0v) is 17.9. The van der Waals surface area contributed by atoms with Crippen LogP contribution in [-0.4, -0.2) is 59.4 Å². The van der Waals surface area contributed by atoms with Gasteiger partial charge in [-0.3, -0.25) is 19.3 Å². The van der Waals surface area contributed by atoms with E-state index in [1.54, 1.807) is 30.0 Å². The molecule has 1 aromatic rings. The number of esters is 1. The minimum Gasteiger partial charge on any atom is -0.466 e. The van der Waals surface area contributed by atoms with E-state index in [-0.39, 0.29) is 35.8 Å². The largest absolute Gasteiger partial charge is 0.466 e. The van der Waals surface area contributed by atoms with Gasteiger partial charge in [-0.1, -0.05) is 19.3 Å². The molecule has 31 heavy (non-hydrogen) atoms. The first kappa shape index (κ1) is 21.3. The number of urea groups is 1. The molecule has 0 bridgehead atoms. The van der Waals surface area contributed by atoms with Gasteiger partial charge >= 0.3 is 12.0 Å². The molecule has 2 fully saturated rings. The van der Waals surface area contributed by atoms with Crippen molar-refractivity contribution in [1.29, 1.82) is 0 Å². The number of fused-ring (bicyclic) bond motifs is 1. The highest BCUT2D eigenvalue weighted by molar-refractivity contribution is 6.22. The quantitative estimate of drug-likeness (QED) is 0.587. The topological polar surface area (TPSA) is 96.0 Å². The molecule has 1 saturated carbocycles. The van der Waals surface area contributed by atoms with Crippen molar-refractivity contribution in [1.82, 2.24) is 9.80 Å². The summed E-state index contributed by atoms with van der Waals surface area (Å²) >= 11 is 0. The second kappa shape index (κ2) is 9.08. The highest BCUT2D eigenvalue weighted by atomic mass is 16.5. The normalized spacial score (nSPS) is 21.8. The van der Waals surface area contributed by atoms with Gasteiger partial charge in [0.1, 0.15) is 0 Å². The Morgan fingerprint density at radius 1 is 1.03 bits per heavy atom. The molecule has 1 atom stereocenters. The summed E-state index contributed by atoms with van der Waals surface area (Å²) in [5.41, 5.74) is 1.21. The van der Waals surface area contributed by atoms with E-state index in [4.69, 9.17) is 4.74 Å². The molecule has 1 aliphatic carbocycles. The molecule has 1 unspecified atom stereocenters. The van der Waals surface area contributed by atoms with Crippen LogP contribution in [-0.2, 0) is 9.53 Å². The maximum Gasteiger partial charge on any atom is 0.321 e. The van der Waals surface area contributed by atoms with Gasteiger partial charge in [-0.2, -0.15) is 0 Å². The molecule has 1 aromatic carbocycles. The standard InChI is InChI=1S/C23H29N3O5/c1-2-31-22(29)15-7-6-12-25(14-15)23(30)24-16-10-11-18-19(13-16)21(28)26(20(18)27)17-8-4-3-5-9-17/h10-11,13,15,17H,2-9,12,14H2,1H3,(H,24,30). The number of piperidine rings is 1. The predicted molar refractivity (Wildman–Crippen MR) is 114 cm³/mol. The monoisotopic (exact) mass is 427 g/mol. The summed E-state index contributed by atoms with van der Waals surface area (Å²) in [4.78, 5) is 53.5. The molecular formula is C23H29N3O5. The van der Waals surface area contributed by atoms with Crippen LogP contribution in [0.25, 0.3) is 0 Å². The van der Waals surface area contributed by atoms with E-state index >= 15 is 0 Å². The van der Waals surface area contributed by atoms with Crippen molar-refractivity contribution in [2.75, 3.05) is 25.0 Å². The van der Waals surface area contributed by atoms with Gasteiger partial charge in [-0.25, -0.2) is 4.79 Å². The third-order valence-corrected chi connectivity index (χ3v) is 6.44. The Morgan fingerprint density at radius 3 is 2.52 bits per heavy atom. The van der Waals surface area contributed by atoms with Crippen LogP contribution in [0.15, 0.2) is 18.2 Å². The van der Waals surface area contributed by atoms with Gasteiger partial charge in [0.15, 0.2) is 0 Å². The van der Waals surface area contributed by atoms with Crippen molar-refractivity contribution >= 4 is 29.5 Å². The number of rotatable bonds is 4. The third kappa shape index (κ3) is 4.29. The van der Waals surface area contributed by atoms with Crippen LogP contribution >= 0.6 is 0 Å². The Bertz CT molecular complexity index is 893. The Kier molecular flexibility index (Phi) is 6.25. The van der Waals surface area contributed by atoms with Gasteiger partial charge in [0.25, 0.3) is 11.8 Å². The van der Waals surface area contributed by atoms with Gasteiger partial charge in [-0.15, -0.1) is 0 Å². The molecule has 1 saturated heterocycles. The fraction of sp³-hybridized carbons (Fsp3) is 0.565. The van der Waals surface area contributed by atoms with E-state index < -0.39 is 0 Å². The maximum atomic E-state index is 13.0. The Labute approximate surface area is 181 Å². The molecule has 166 valence electrons. The number of amides is 4. The summed E-state index contributed by atoms with van der Waals surface area (Å²) in [5, 5.41) is 2.82. The van der Waals surface area contributed by atoms with E-state index in [0.29, 0.717) is 42.9 Å². The first-order valence-corrected chi connectivity index (χ1v) is 11.2. The fourth-order valence-corrected chi connectivity index (χ4v) is 4.82. The fourth-order valence-electron chi connectivity index (χ4n) is 4.82. The number of carbonyl (C=O) groups is 4. The van der Waals surface area contributed by atoms with Crippen LogP contribution in [0.3, 0.4) is 0 Å². The summed E-state index contributed by atoms with van der Waals surface area (Å²) in [5.74, 6) is -1.10. The van der Waals surface area contributed by atoms with E-state index in [1.165, 1.54) is 4.90 Å². The number of imide groups is 1. The molecular weight excluding hydrogens is 398 g/mol. The van der Waals surface area contributed by atoms with Crippen molar-refractivity contribution in [2.24, 2.45) is 5.92 Å². The molecule has 0 aromatic heterocycles. The summed E-state index contributed by atoms with van der Waals surface area (Å²) in [6.45, 7) is 2.95. The van der Waals surface area contributed by atoms with E-state index in [2.05, 4.69) is 5.32 Å². The lowest BCUT2D eigenvalue weighted by Gasteiger charge is -2.31. The van der Waals surface area contributed by atoms with Gasteiger partial charge in [0.2, 0.25) is 0 Å². The average Bonchev–Trinajstić information content (AvgIpc) is 3.04. The minimum absolute atomic E-state index is 0.0349. The third-order valence-electron chi connectivity index (χ3n) is 6.44. The van der Waals surface area contributed by atoms with Crippen molar-refractivity contribution in [2.45, 2.75) is 57.9 Å². The van der Waals surface area contributed by atoms with Gasteiger partial charge < -0.3 is 15.0 Å². The lowest BCUT2D eigenvalue weighted by molar-refractivity contribution is -0.149. The lowest BCUT2D eigenvalue weighted by Crippen LogP contribution is -2.44. The number of carbonyl (C=O) groups excluding carboxylic acids is 4. The zero-order valence-electron chi connectivity index (χ0n) is 17.9. The van der Waals surface area contributed by atoms with Crippen LogP contribution in [0, 0.1) is 5.92 Å². The zero-order chi connectivity index (χ0) is 22.0. The number of hydrogen-bond acceptors (Lipinski definition) is 5. The smallest absolute Gasteiger partial charge is 0.321 e. The summed E-state index contributed by atoms with van der Waals surface area (Å²) in [6, 6.07) is 4.50. The number of hydrogen-bond donors (Lipinski definition) is 1. The Hall–Kier alpha value is -2.90. The molecule has 1 N–H and O–H groups in total. The van der Waals surface area contributed by atoms with Crippen LogP contribution in [0.2, 0.25) is 0 Å². The number of likely N-dealkylation sites (tertiary alicyclic amines) is 1. The van der Waals surface area contributed by atoms with Gasteiger partial charge in [0, 0.05) is 24.8 Å². The molecule has 0 radical (unpaired) electrons. The Morgan fingerprint density at radius 2 is 1.77 bits per heavy atom. The summed E-state index contributed by atoms with van der Waals surface area (Å²) in [7, 11) is 0. The predicted octanol–water partition coefficient (Wildman–Crippen LogP) is 3.42. The Balaban J connectivity index is 1.44. The number of benzene rings is 1. The molecule has 8 nitrogen and oxygen atoms in total. The molecule has 2 aliphatic heterocycles. The second-order valence-electron chi connectivity index (χ2n) is 8.50. The highest BCUT2D eigenvalue weighted by Crippen LogP contribution is 2.32. The van der Waals surface area contributed by atoms with Crippen LogP contribution in [0.1, 0.15) is 72.6 Å². The van der Waals surface area contributed by atoms with Crippen LogP contribution in [0.5, 0.6) is 0 Å². The molecule has 2 heterocycles. The van der Waals surface area contributed by atoms with E-state index in [0.717, 1.165) is 38.5 Å². The lowest BCUT2D eigenvalue weighted by atomic mass is 9.94. The van der Waals surface area contributed by atoms with Gasteiger partial charge in [0.05, 0.1) is 23.7 Å². The minimum atomic E-state index is -0.324. The molecule has 8 heteroatoms. The molecule has 4 amide bonds. The van der Waals surface area contributed by atoms with Gasteiger partial charge in [-0.05, 0) is 50.8 Å².